The Morgan fingerprint density at radius 1 is 1.44 bits per heavy atom. The summed E-state index contributed by atoms with van der Waals surface area (Å²) in [4.78, 5) is 15.5. The van der Waals surface area contributed by atoms with Crippen LogP contribution in [0, 0.1) is 17.5 Å². The third-order valence-corrected chi connectivity index (χ3v) is 3.94. The Kier molecular flexibility index (Phi) is 2.59. The van der Waals surface area contributed by atoms with Crippen LogP contribution in [0.2, 0.25) is 0 Å². The van der Waals surface area contributed by atoms with E-state index in [0.717, 1.165) is 19.3 Å². The zero-order valence-electron chi connectivity index (χ0n) is 10.00. The Morgan fingerprint density at radius 2 is 2.17 bits per heavy atom. The maximum Gasteiger partial charge on any atom is 0.262 e. The lowest BCUT2D eigenvalue weighted by molar-refractivity contribution is 0.302. The third kappa shape index (κ3) is 1.61. The second-order valence-electron chi connectivity index (χ2n) is 4.84. The molecule has 1 aromatic heterocycles. The van der Waals surface area contributed by atoms with Crippen molar-refractivity contribution in [3.8, 4) is 0 Å². The van der Waals surface area contributed by atoms with Crippen molar-refractivity contribution in [1.82, 2.24) is 9.55 Å². The van der Waals surface area contributed by atoms with E-state index in [2.05, 4.69) is 4.98 Å². The van der Waals surface area contributed by atoms with Gasteiger partial charge in [-0.2, -0.15) is 0 Å². The zero-order chi connectivity index (χ0) is 12.9. The van der Waals surface area contributed by atoms with Gasteiger partial charge in [0.2, 0.25) is 0 Å². The minimum absolute atomic E-state index is 0.175. The quantitative estimate of drug-likeness (QED) is 0.803. The summed E-state index contributed by atoms with van der Waals surface area (Å²) in [5, 5.41) is 0.382. The molecule has 3 nitrogen and oxygen atoms in total. The van der Waals surface area contributed by atoms with Crippen molar-refractivity contribution in [1.29, 1.82) is 0 Å². The van der Waals surface area contributed by atoms with Gasteiger partial charge in [0.15, 0.2) is 4.77 Å². The monoisotopic (exact) mass is 264 g/mol. The molecule has 1 aromatic carbocycles. The highest BCUT2D eigenvalue weighted by atomic mass is 32.1. The van der Waals surface area contributed by atoms with Gasteiger partial charge < -0.3 is 4.98 Å². The van der Waals surface area contributed by atoms with Crippen LogP contribution in [-0.2, 0) is 0 Å². The van der Waals surface area contributed by atoms with E-state index >= 15 is 0 Å². The number of halogens is 1. The number of aromatic nitrogens is 2. The van der Waals surface area contributed by atoms with Gasteiger partial charge in [0.1, 0.15) is 5.82 Å². The fourth-order valence-corrected chi connectivity index (χ4v) is 2.78. The second-order valence-corrected chi connectivity index (χ2v) is 5.22. The molecule has 0 aliphatic heterocycles. The maximum absolute atomic E-state index is 13.4. The van der Waals surface area contributed by atoms with Crippen molar-refractivity contribution in [3.05, 3.63) is 38.6 Å². The Labute approximate surface area is 108 Å². The standard InChI is InChI=1S/C13H13FN2OS/c1-7-5-8(14)6-10-11(7)15-13(18)16(12(10)17)9-3-2-4-9/h5-6,9H,2-4H2,1H3,(H,15,18). The molecule has 0 amide bonds. The number of aromatic amines is 1. The van der Waals surface area contributed by atoms with Crippen LogP contribution in [0.15, 0.2) is 16.9 Å². The SMILES string of the molecule is Cc1cc(F)cc2c(=O)n(C3CCC3)c(=S)[nH]c12. The fourth-order valence-electron chi connectivity index (χ4n) is 2.44. The molecule has 0 spiro atoms. The molecular weight excluding hydrogens is 251 g/mol. The number of fused-ring (bicyclic) bond motifs is 1. The molecule has 0 saturated heterocycles. The van der Waals surface area contributed by atoms with Gasteiger partial charge in [-0.25, -0.2) is 4.39 Å². The normalized spacial score (nSPS) is 15.9. The molecule has 94 valence electrons. The number of nitrogens with one attached hydrogen (secondary N) is 1. The van der Waals surface area contributed by atoms with E-state index in [1.165, 1.54) is 12.1 Å². The molecule has 1 aliphatic rings. The molecule has 1 fully saturated rings. The van der Waals surface area contributed by atoms with Gasteiger partial charge in [0.05, 0.1) is 10.9 Å². The van der Waals surface area contributed by atoms with E-state index in [4.69, 9.17) is 12.2 Å². The van der Waals surface area contributed by atoms with Gasteiger partial charge in [-0.15, -0.1) is 0 Å². The van der Waals surface area contributed by atoms with Crippen LogP contribution in [0.1, 0.15) is 30.9 Å². The van der Waals surface area contributed by atoms with Gasteiger partial charge in [-0.1, -0.05) is 0 Å². The molecular formula is C13H13FN2OS. The second kappa shape index (κ2) is 4.02. The van der Waals surface area contributed by atoms with Gasteiger partial charge in [-0.3, -0.25) is 9.36 Å². The molecule has 1 N–H and O–H groups in total. The molecule has 0 atom stereocenters. The van der Waals surface area contributed by atoms with E-state index in [9.17, 15) is 9.18 Å². The number of H-pyrrole nitrogens is 1. The average molecular weight is 264 g/mol. The molecule has 18 heavy (non-hydrogen) atoms. The van der Waals surface area contributed by atoms with Crippen molar-refractivity contribution in [2.75, 3.05) is 0 Å². The van der Waals surface area contributed by atoms with E-state index in [0.29, 0.717) is 21.2 Å². The fraction of sp³-hybridized carbons (Fsp3) is 0.385. The summed E-state index contributed by atoms with van der Waals surface area (Å²) in [5.74, 6) is -0.386. The van der Waals surface area contributed by atoms with Crippen LogP contribution >= 0.6 is 12.2 Å². The lowest BCUT2D eigenvalue weighted by Gasteiger charge is -2.27. The first-order chi connectivity index (χ1) is 8.58. The minimum Gasteiger partial charge on any atom is -0.331 e. The van der Waals surface area contributed by atoms with Crippen molar-refractivity contribution < 1.29 is 4.39 Å². The van der Waals surface area contributed by atoms with Crippen LogP contribution in [-0.4, -0.2) is 9.55 Å². The van der Waals surface area contributed by atoms with Crippen molar-refractivity contribution in [2.24, 2.45) is 0 Å². The molecule has 5 heteroatoms. The van der Waals surface area contributed by atoms with Gasteiger partial charge in [0, 0.05) is 6.04 Å². The lowest BCUT2D eigenvalue weighted by Crippen LogP contribution is -2.30. The maximum atomic E-state index is 13.4. The van der Waals surface area contributed by atoms with Crippen LogP contribution in [0.5, 0.6) is 0 Å². The van der Waals surface area contributed by atoms with E-state index in [1.807, 2.05) is 0 Å². The summed E-state index contributed by atoms with van der Waals surface area (Å²) >= 11 is 5.25. The molecule has 1 aliphatic carbocycles. The highest BCUT2D eigenvalue weighted by Gasteiger charge is 2.22. The van der Waals surface area contributed by atoms with Gasteiger partial charge in [0.25, 0.3) is 5.56 Å². The largest absolute Gasteiger partial charge is 0.331 e. The number of rotatable bonds is 1. The highest BCUT2D eigenvalue weighted by Crippen LogP contribution is 2.30. The Balaban J connectivity index is 2.40. The van der Waals surface area contributed by atoms with E-state index in [-0.39, 0.29) is 17.4 Å². The molecule has 1 saturated carbocycles. The average Bonchev–Trinajstić information content (AvgIpc) is 2.23. The summed E-state index contributed by atoms with van der Waals surface area (Å²) < 4.78 is 15.5. The Bertz CT molecular complexity index is 743. The van der Waals surface area contributed by atoms with Crippen molar-refractivity contribution >= 4 is 23.1 Å². The third-order valence-electron chi connectivity index (χ3n) is 3.64. The molecule has 2 aromatic rings. The van der Waals surface area contributed by atoms with E-state index in [1.54, 1.807) is 11.5 Å². The van der Waals surface area contributed by atoms with Crippen molar-refractivity contribution in [2.45, 2.75) is 32.2 Å². The number of aryl methyl sites for hydroxylation is 1. The van der Waals surface area contributed by atoms with Crippen LogP contribution in [0.4, 0.5) is 4.39 Å². The smallest absolute Gasteiger partial charge is 0.262 e. The summed E-state index contributed by atoms with van der Waals surface area (Å²) in [5.41, 5.74) is 1.16. The summed E-state index contributed by atoms with van der Waals surface area (Å²) in [7, 11) is 0. The molecule has 0 bridgehead atoms. The number of benzene rings is 1. The number of hydrogen-bond donors (Lipinski definition) is 1. The molecule has 1 heterocycles. The van der Waals surface area contributed by atoms with Crippen LogP contribution in [0.25, 0.3) is 10.9 Å². The van der Waals surface area contributed by atoms with Crippen LogP contribution in [0.3, 0.4) is 0 Å². The summed E-state index contributed by atoms with van der Waals surface area (Å²) in [6.07, 6.45) is 3.06. The molecule has 3 rings (SSSR count). The first kappa shape index (κ1) is 11.6. The van der Waals surface area contributed by atoms with Gasteiger partial charge in [-0.05, 0) is 56.1 Å². The summed E-state index contributed by atoms with van der Waals surface area (Å²) in [6.45, 7) is 1.77. The van der Waals surface area contributed by atoms with E-state index < -0.39 is 0 Å². The predicted molar refractivity (Wildman–Crippen MR) is 71.0 cm³/mol. The zero-order valence-corrected chi connectivity index (χ0v) is 10.8. The first-order valence-electron chi connectivity index (χ1n) is 6.02. The lowest BCUT2D eigenvalue weighted by atomic mass is 9.93. The minimum atomic E-state index is -0.386. The molecule has 0 unspecified atom stereocenters. The Morgan fingerprint density at radius 3 is 2.78 bits per heavy atom. The highest BCUT2D eigenvalue weighted by molar-refractivity contribution is 7.71. The number of nitrogens with zero attached hydrogens (tertiary/aromatic N) is 1. The topological polar surface area (TPSA) is 37.8 Å². The molecule has 0 radical (unpaired) electrons. The van der Waals surface area contributed by atoms with Crippen LogP contribution < -0.4 is 5.56 Å². The first-order valence-corrected chi connectivity index (χ1v) is 6.43. The Hall–Kier alpha value is -1.49. The van der Waals surface area contributed by atoms with Gasteiger partial charge >= 0.3 is 0 Å². The number of hydrogen-bond acceptors (Lipinski definition) is 2. The predicted octanol–water partition coefficient (Wildman–Crippen LogP) is 3.23. The summed E-state index contributed by atoms with van der Waals surface area (Å²) in [6, 6.07) is 2.86. The van der Waals surface area contributed by atoms with Crippen molar-refractivity contribution in [3.63, 3.8) is 0 Å².